The van der Waals surface area contributed by atoms with Gasteiger partial charge in [0.15, 0.2) is 6.23 Å². The van der Waals surface area contributed by atoms with Gasteiger partial charge in [0.1, 0.15) is 35.6 Å². The first-order valence-electron chi connectivity index (χ1n) is 9.44. The summed E-state index contributed by atoms with van der Waals surface area (Å²) in [4.78, 5) is 20.3. The highest BCUT2D eigenvalue weighted by atomic mass is 16.6. The minimum atomic E-state index is -1.27. The van der Waals surface area contributed by atoms with Crippen molar-refractivity contribution in [3.63, 3.8) is 0 Å². The Hall–Kier alpha value is -3.05. The van der Waals surface area contributed by atoms with Crippen LogP contribution in [0, 0.1) is 6.92 Å². The van der Waals surface area contributed by atoms with E-state index in [1.807, 2.05) is 30.3 Å². The molecule has 3 heterocycles. The Balaban J connectivity index is 1.58. The van der Waals surface area contributed by atoms with Crippen LogP contribution in [0.15, 0.2) is 36.5 Å². The molecule has 30 heavy (non-hydrogen) atoms. The van der Waals surface area contributed by atoms with Crippen LogP contribution in [0.25, 0.3) is 11.0 Å². The zero-order valence-corrected chi connectivity index (χ0v) is 16.3. The number of aliphatic hydroxyl groups excluding tert-OH is 2. The molecule has 1 aliphatic heterocycles. The lowest BCUT2D eigenvalue weighted by atomic mass is 10.1. The summed E-state index contributed by atoms with van der Waals surface area (Å²) >= 11 is 0. The number of aryl methyl sites for hydroxylation is 1. The number of hydrogen-bond acceptors (Lipinski definition) is 8. The first-order valence-corrected chi connectivity index (χ1v) is 9.44. The number of carbonyl (C=O) groups is 1. The van der Waals surface area contributed by atoms with Crippen LogP contribution in [0.1, 0.15) is 28.0 Å². The number of benzene rings is 1. The van der Waals surface area contributed by atoms with E-state index in [1.165, 1.54) is 10.8 Å². The van der Waals surface area contributed by atoms with Gasteiger partial charge >= 0.3 is 0 Å². The number of rotatable bonds is 6. The van der Waals surface area contributed by atoms with E-state index >= 15 is 0 Å². The van der Waals surface area contributed by atoms with Gasteiger partial charge in [0.05, 0.1) is 24.2 Å². The van der Waals surface area contributed by atoms with Crippen LogP contribution in [-0.2, 0) is 16.1 Å². The molecule has 0 aliphatic carbocycles. The van der Waals surface area contributed by atoms with Gasteiger partial charge < -0.3 is 35.7 Å². The third-order valence-corrected chi connectivity index (χ3v) is 5.08. The van der Waals surface area contributed by atoms with E-state index in [0.29, 0.717) is 12.4 Å². The van der Waals surface area contributed by atoms with E-state index in [0.717, 1.165) is 5.56 Å². The fraction of sp³-hybridized carbons (Fsp3) is 0.350. The fourth-order valence-electron chi connectivity index (χ4n) is 3.63. The van der Waals surface area contributed by atoms with Crippen LogP contribution >= 0.6 is 0 Å². The summed E-state index contributed by atoms with van der Waals surface area (Å²) in [5, 5.41) is 21.3. The van der Waals surface area contributed by atoms with Crippen molar-refractivity contribution in [3.05, 3.63) is 53.5 Å². The summed E-state index contributed by atoms with van der Waals surface area (Å²) in [6.07, 6.45) is -2.84. The Kier molecular flexibility index (Phi) is 5.39. The predicted octanol–water partition coefficient (Wildman–Crippen LogP) is 0.257. The van der Waals surface area contributed by atoms with Crippen molar-refractivity contribution in [3.8, 4) is 0 Å². The predicted molar refractivity (Wildman–Crippen MR) is 107 cm³/mol. The van der Waals surface area contributed by atoms with Gasteiger partial charge in [-0.25, -0.2) is 9.97 Å². The van der Waals surface area contributed by atoms with Gasteiger partial charge in [-0.15, -0.1) is 0 Å². The molecule has 0 radical (unpaired) electrons. The van der Waals surface area contributed by atoms with Gasteiger partial charge in [-0.05, 0) is 12.5 Å². The van der Waals surface area contributed by atoms with E-state index in [2.05, 4.69) is 9.97 Å². The van der Waals surface area contributed by atoms with Crippen LogP contribution in [-0.4, -0.2) is 55.6 Å². The molecule has 0 spiro atoms. The van der Waals surface area contributed by atoms with E-state index in [4.69, 9.17) is 20.9 Å². The molecule has 1 aliphatic rings. The standard InChI is InChI=1S/C20H23N5O5/c1-10-23-17(21)14-12(18(22)28)7-25(19(14)24-10)20-16(27)15(26)13(30-20)9-29-8-11-5-3-2-4-6-11/h2-7,13,15-16,20,26-27H,8-9H2,1H3,(H2,22,28)(H2,21,23,24)/t13-,15-,16-,20-/m1/s1. The number of aliphatic hydroxyl groups is 2. The number of amides is 1. The van der Waals surface area contributed by atoms with Crippen LogP contribution in [0.2, 0.25) is 0 Å². The highest BCUT2D eigenvalue weighted by Crippen LogP contribution is 2.35. The van der Waals surface area contributed by atoms with Crippen molar-refractivity contribution in [2.24, 2.45) is 5.73 Å². The SMILES string of the molecule is Cc1nc(N)c2c(C(N)=O)cn([C@@H]3O[C@H](COCc4ccccc4)[C@@H](O)[C@H]3O)c2n1. The van der Waals surface area contributed by atoms with Crippen LogP contribution in [0.5, 0.6) is 0 Å². The lowest BCUT2D eigenvalue weighted by molar-refractivity contribution is -0.0681. The second-order valence-corrected chi connectivity index (χ2v) is 7.22. The number of fused-ring (bicyclic) bond motifs is 1. The quantitative estimate of drug-likeness (QED) is 0.448. The molecule has 0 bridgehead atoms. The molecule has 0 unspecified atom stereocenters. The van der Waals surface area contributed by atoms with Crippen molar-refractivity contribution in [1.29, 1.82) is 0 Å². The van der Waals surface area contributed by atoms with Gasteiger partial charge in [-0.3, -0.25) is 4.79 Å². The average Bonchev–Trinajstić information content (AvgIpc) is 3.22. The zero-order valence-electron chi connectivity index (χ0n) is 16.3. The largest absolute Gasteiger partial charge is 0.387 e. The molecule has 4 atom stereocenters. The Morgan fingerprint density at radius 1 is 1.23 bits per heavy atom. The molecule has 1 fully saturated rings. The highest BCUT2D eigenvalue weighted by molar-refractivity contribution is 6.08. The number of nitrogen functional groups attached to an aromatic ring is 1. The zero-order chi connectivity index (χ0) is 21.4. The molecule has 1 amide bonds. The van der Waals surface area contributed by atoms with Crippen LogP contribution < -0.4 is 11.5 Å². The molecular weight excluding hydrogens is 390 g/mol. The molecule has 1 saturated heterocycles. The third kappa shape index (κ3) is 3.61. The molecule has 10 heteroatoms. The normalized spacial score (nSPS) is 23.8. The Labute approximate surface area is 172 Å². The van der Waals surface area contributed by atoms with Crippen LogP contribution in [0.3, 0.4) is 0 Å². The van der Waals surface area contributed by atoms with Crippen LogP contribution in [0.4, 0.5) is 5.82 Å². The lowest BCUT2D eigenvalue weighted by Gasteiger charge is -2.17. The van der Waals surface area contributed by atoms with Gasteiger partial charge in [0.2, 0.25) is 0 Å². The van der Waals surface area contributed by atoms with Crippen molar-refractivity contribution in [1.82, 2.24) is 14.5 Å². The Morgan fingerprint density at radius 2 is 1.97 bits per heavy atom. The molecular formula is C20H23N5O5. The summed E-state index contributed by atoms with van der Waals surface area (Å²) in [7, 11) is 0. The maximum Gasteiger partial charge on any atom is 0.251 e. The molecule has 158 valence electrons. The van der Waals surface area contributed by atoms with Gasteiger partial charge in [-0.2, -0.15) is 0 Å². The summed E-state index contributed by atoms with van der Waals surface area (Å²) in [6, 6.07) is 9.57. The maximum atomic E-state index is 11.9. The van der Waals surface area contributed by atoms with Crippen molar-refractivity contribution < 1.29 is 24.5 Å². The van der Waals surface area contributed by atoms with Crippen molar-refractivity contribution in [2.75, 3.05) is 12.3 Å². The molecule has 4 rings (SSSR count). The minimum Gasteiger partial charge on any atom is -0.387 e. The molecule has 0 saturated carbocycles. The molecule has 3 aromatic rings. The molecule has 10 nitrogen and oxygen atoms in total. The van der Waals surface area contributed by atoms with E-state index in [-0.39, 0.29) is 29.0 Å². The third-order valence-electron chi connectivity index (χ3n) is 5.08. The monoisotopic (exact) mass is 413 g/mol. The summed E-state index contributed by atoms with van der Waals surface area (Å²) in [6.45, 7) is 2.06. The number of nitrogens with two attached hydrogens (primary N) is 2. The van der Waals surface area contributed by atoms with Gasteiger partial charge in [0, 0.05) is 6.20 Å². The van der Waals surface area contributed by atoms with Crippen molar-refractivity contribution >= 4 is 22.8 Å². The molecule has 6 N–H and O–H groups in total. The summed E-state index contributed by atoms with van der Waals surface area (Å²) in [5.41, 5.74) is 12.8. The number of hydrogen-bond donors (Lipinski definition) is 4. The van der Waals surface area contributed by atoms with E-state index in [1.54, 1.807) is 6.92 Å². The highest BCUT2D eigenvalue weighted by Gasteiger charge is 2.44. The number of primary amides is 1. The number of aromatic nitrogens is 3. The van der Waals surface area contributed by atoms with E-state index in [9.17, 15) is 15.0 Å². The van der Waals surface area contributed by atoms with Gasteiger partial charge in [-0.1, -0.05) is 30.3 Å². The van der Waals surface area contributed by atoms with Gasteiger partial charge in [0.25, 0.3) is 5.91 Å². The number of carbonyl (C=O) groups excluding carboxylic acids is 1. The number of ether oxygens (including phenoxy) is 2. The number of anilines is 1. The lowest BCUT2D eigenvalue weighted by Crippen LogP contribution is -2.33. The van der Waals surface area contributed by atoms with E-state index < -0.39 is 30.4 Å². The first-order chi connectivity index (χ1) is 14.4. The first kappa shape index (κ1) is 20.2. The Bertz CT molecular complexity index is 1070. The summed E-state index contributed by atoms with van der Waals surface area (Å²) < 4.78 is 13.0. The topological polar surface area (TPSA) is 159 Å². The smallest absolute Gasteiger partial charge is 0.251 e. The second-order valence-electron chi connectivity index (χ2n) is 7.22. The second kappa shape index (κ2) is 8.00. The summed E-state index contributed by atoms with van der Waals surface area (Å²) in [5.74, 6) is -0.235. The maximum absolute atomic E-state index is 11.9. The average molecular weight is 413 g/mol. The fourth-order valence-corrected chi connectivity index (χ4v) is 3.63. The number of nitrogens with zero attached hydrogens (tertiary/aromatic N) is 3. The Morgan fingerprint density at radius 3 is 2.67 bits per heavy atom. The molecule has 2 aromatic heterocycles. The van der Waals surface area contributed by atoms with Crippen molar-refractivity contribution in [2.45, 2.75) is 38.1 Å². The minimum absolute atomic E-state index is 0.0711. The molecule has 1 aromatic carbocycles.